The van der Waals surface area contributed by atoms with Gasteiger partial charge in [-0.15, -0.1) is 0 Å². The minimum absolute atomic E-state index is 0.576. The molecule has 0 aliphatic heterocycles. The second-order valence-electron chi connectivity index (χ2n) is 5.20. The molecule has 5 nitrogen and oxygen atoms in total. The van der Waals surface area contributed by atoms with Crippen LogP contribution in [0.25, 0.3) is 0 Å². The van der Waals surface area contributed by atoms with Gasteiger partial charge >= 0.3 is 0 Å². The molecule has 110 valence electrons. The molecule has 1 aliphatic carbocycles. The van der Waals surface area contributed by atoms with Gasteiger partial charge in [0.1, 0.15) is 11.6 Å². The number of aromatic nitrogens is 2. The Labute approximate surface area is 124 Å². The van der Waals surface area contributed by atoms with Gasteiger partial charge in [0.25, 0.3) is 0 Å². The maximum absolute atomic E-state index is 5.33. The molecule has 1 heterocycles. The van der Waals surface area contributed by atoms with Gasteiger partial charge in [-0.3, -0.25) is 0 Å². The van der Waals surface area contributed by atoms with Crippen LogP contribution < -0.4 is 15.4 Å². The van der Waals surface area contributed by atoms with E-state index in [1.165, 1.54) is 24.8 Å². The quantitative estimate of drug-likeness (QED) is 0.879. The minimum Gasteiger partial charge on any atom is -0.495 e. The van der Waals surface area contributed by atoms with E-state index < -0.39 is 0 Å². The first-order valence-electron chi connectivity index (χ1n) is 7.26. The van der Waals surface area contributed by atoms with Gasteiger partial charge in [0.2, 0.25) is 5.95 Å². The summed E-state index contributed by atoms with van der Waals surface area (Å²) in [4.78, 5) is 9.02. The second-order valence-corrected chi connectivity index (χ2v) is 5.20. The Balaban J connectivity index is 1.85. The Hall–Kier alpha value is -2.30. The fraction of sp³-hybridized carbons (Fsp3) is 0.375. The summed E-state index contributed by atoms with van der Waals surface area (Å²) >= 11 is 0. The lowest BCUT2D eigenvalue weighted by molar-refractivity contribution is 0.416. The van der Waals surface area contributed by atoms with E-state index in [0.717, 1.165) is 17.3 Å². The molecule has 0 amide bonds. The lowest BCUT2D eigenvalue weighted by atomic mass is 9.81. The van der Waals surface area contributed by atoms with Crippen molar-refractivity contribution in [1.29, 1.82) is 0 Å². The first-order valence-corrected chi connectivity index (χ1v) is 7.26. The highest BCUT2D eigenvalue weighted by Crippen LogP contribution is 2.39. The van der Waals surface area contributed by atoms with Crippen molar-refractivity contribution in [1.82, 2.24) is 9.97 Å². The average Bonchev–Trinajstić information content (AvgIpc) is 2.47. The van der Waals surface area contributed by atoms with Gasteiger partial charge in [0.05, 0.1) is 12.8 Å². The van der Waals surface area contributed by atoms with Gasteiger partial charge in [-0.2, -0.15) is 4.98 Å². The van der Waals surface area contributed by atoms with E-state index in [2.05, 4.69) is 20.6 Å². The predicted octanol–water partition coefficient (Wildman–Crippen LogP) is 3.54. The molecule has 5 heteroatoms. The van der Waals surface area contributed by atoms with Crippen molar-refractivity contribution in [3.8, 4) is 5.75 Å². The molecule has 0 saturated heterocycles. The van der Waals surface area contributed by atoms with Crippen LogP contribution in [0.4, 0.5) is 17.5 Å². The second kappa shape index (κ2) is 5.99. The molecule has 2 N–H and O–H groups in total. The maximum Gasteiger partial charge on any atom is 0.229 e. The van der Waals surface area contributed by atoms with Crippen molar-refractivity contribution in [3.05, 3.63) is 36.0 Å². The SMILES string of the molecule is CNc1nc(Nc2ccccc2OC)ncc1C1CCC1. The maximum atomic E-state index is 5.33. The zero-order valence-electron chi connectivity index (χ0n) is 12.4. The Morgan fingerprint density at radius 2 is 2.05 bits per heavy atom. The lowest BCUT2D eigenvalue weighted by Crippen LogP contribution is -2.13. The molecule has 1 aliphatic rings. The van der Waals surface area contributed by atoms with Gasteiger partial charge in [0, 0.05) is 18.8 Å². The molecule has 0 spiro atoms. The number of methoxy groups -OCH3 is 1. The molecule has 0 radical (unpaired) electrons. The summed E-state index contributed by atoms with van der Waals surface area (Å²) < 4.78 is 5.33. The van der Waals surface area contributed by atoms with Crippen LogP contribution in [0, 0.1) is 0 Å². The zero-order valence-corrected chi connectivity index (χ0v) is 12.4. The van der Waals surface area contributed by atoms with Crippen molar-refractivity contribution >= 4 is 17.5 Å². The first kappa shape index (κ1) is 13.7. The number of rotatable bonds is 5. The molecule has 1 aromatic carbocycles. The number of ether oxygens (including phenoxy) is 1. The molecule has 2 aromatic rings. The predicted molar refractivity (Wildman–Crippen MR) is 84.4 cm³/mol. The van der Waals surface area contributed by atoms with Crippen LogP contribution in [-0.2, 0) is 0 Å². The third-order valence-electron chi connectivity index (χ3n) is 3.95. The smallest absolute Gasteiger partial charge is 0.229 e. The van der Waals surface area contributed by atoms with E-state index in [1.807, 2.05) is 37.5 Å². The summed E-state index contributed by atoms with van der Waals surface area (Å²) in [6.45, 7) is 0. The number of nitrogens with one attached hydrogen (secondary N) is 2. The fourth-order valence-electron chi connectivity index (χ4n) is 2.54. The Morgan fingerprint density at radius 1 is 1.24 bits per heavy atom. The Morgan fingerprint density at radius 3 is 2.71 bits per heavy atom. The van der Waals surface area contributed by atoms with Crippen LogP contribution in [0.5, 0.6) is 5.75 Å². The van der Waals surface area contributed by atoms with Gasteiger partial charge in [-0.25, -0.2) is 4.98 Å². The van der Waals surface area contributed by atoms with Crippen molar-refractivity contribution in [3.63, 3.8) is 0 Å². The largest absolute Gasteiger partial charge is 0.495 e. The number of benzene rings is 1. The summed E-state index contributed by atoms with van der Waals surface area (Å²) in [7, 11) is 3.55. The molecule has 1 saturated carbocycles. The highest BCUT2D eigenvalue weighted by Gasteiger charge is 2.23. The van der Waals surface area contributed by atoms with E-state index in [-0.39, 0.29) is 0 Å². The number of hydrogen-bond donors (Lipinski definition) is 2. The van der Waals surface area contributed by atoms with Gasteiger partial charge in [-0.05, 0) is 30.9 Å². The lowest BCUT2D eigenvalue weighted by Gasteiger charge is -2.27. The van der Waals surface area contributed by atoms with E-state index in [0.29, 0.717) is 11.9 Å². The monoisotopic (exact) mass is 284 g/mol. The molecule has 3 rings (SSSR count). The summed E-state index contributed by atoms with van der Waals surface area (Å²) in [6.07, 6.45) is 5.70. The van der Waals surface area contributed by atoms with Crippen LogP contribution in [-0.4, -0.2) is 24.1 Å². The summed E-state index contributed by atoms with van der Waals surface area (Å²) in [5.74, 6) is 2.86. The molecule has 1 fully saturated rings. The van der Waals surface area contributed by atoms with Crippen LogP contribution >= 0.6 is 0 Å². The van der Waals surface area contributed by atoms with Crippen molar-refractivity contribution in [2.45, 2.75) is 25.2 Å². The first-order chi connectivity index (χ1) is 10.3. The molecular weight excluding hydrogens is 264 g/mol. The van der Waals surface area contributed by atoms with Crippen LogP contribution in [0.1, 0.15) is 30.7 Å². The summed E-state index contributed by atoms with van der Waals surface area (Å²) in [6, 6.07) is 7.74. The normalized spacial score (nSPS) is 14.4. The molecule has 0 bridgehead atoms. The van der Waals surface area contributed by atoms with Gasteiger partial charge < -0.3 is 15.4 Å². The number of nitrogens with zero attached hydrogens (tertiary/aromatic N) is 2. The topological polar surface area (TPSA) is 59.1 Å². The Kier molecular flexibility index (Phi) is 3.90. The van der Waals surface area contributed by atoms with E-state index in [4.69, 9.17) is 4.74 Å². The number of hydrogen-bond acceptors (Lipinski definition) is 5. The van der Waals surface area contributed by atoms with E-state index in [9.17, 15) is 0 Å². The Bertz CT molecular complexity index is 625. The van der Waals surface area contributed by atoms with E-state index >= 15 is 0 Å². The summed E-state index contributed by atoms with van der Waals surface area (Å²) in [5.41, 5.74) is 2.08. The van der Waals surface area contributed by atoms with Crippen LogP contribution in [0.3, 0.4) is 0 Å². The standard InChI is InChI=1S/C16H20N4O/c1-17-15-12(11-6-5-7-11)10-18-16(20-15)19-13-8-3-4-9-14(13)21-2/h3-4,8-11H,5-7H2,1-2H3,(H2,17,18,19,20). The fourth-order valence-corrected chi connectivity index (χ4v) is 2.54. The van der Waals surface area contributed by atoms with Gasteiger partial charge in [-0.1, -0.05) is 18.6 Å². The number of para-hydroxylation sites is 2. The molecule has 21 heavy (non-hydrogen) atoms. The highest BCUT2D eigenvalue weighted by atomic mass is 16.5. The van der Waals surface area contributed by atoms with Crippen molar-refractivity contribution < 1.29 is 4.74 Å². The van der Waals surface area contributed by atoms with Crippen molar-refractivity contribution in [2.24, 2.45) is 0 Å². The minimum atomic E-state index is 0.576. The third kappa shape index (κ3) is 2.77. The zero-order chi connectivity index (χ0) is 14.7. The van der Waals surface area contributed by atoms with Crippen LogP contribution in [0.2, 0.25) is 0 Å². The third-order valence-corrected chi connectivity index (χ3v) is 3.95. The average molecular weight is 284 g/mol. The molecule has 1 aromatic heterocycles. The van der Waals surface area contributed by atoms with E-state index in [1.54, 1.807) is 7.11 Å². The molecule has 0 unspecified atom stereocenters. The highest BCUT2D eigenvalue weighted by molar-refractivity contribution is 5.63. The molecule has 0 atom stereocenters. The van der Waals surface area contributed by atoms with Crippen molar-refractivity contribution in [2.75, 3.05) is 24.8 Å². The summed E-state index contributed by atoms with van der Waals surface area (Å²) in [5, 5.41) is 6.39. The van der Waals surface area contributed by atoms with Gasteiger partial charge in [0.15, 0.2) is 0 Å². The molecular formula is C16H20N4O. The number of anilines is 3. The van der Waals surface area contributed by atoms with Crippen LogP contribution in [0.15, 0.2) is 30.5 Å².